The number of aliphatic hydroxyl groups is 1. The first-order chi connectivity index (χ1) is 17.3. The van der Waals surface area contributed by atoms with Crippen molar-refractivity contribution < 1.29 is 24.2 Å². The van der Waals surface area contributed by atoms with Crippen LogP contribution in [0.5, 0.6) is 11.5 Å². The van der Waals surface area contributed by atoms with Crippen LogP contribution in [0.4, 0.5) is 5.69 Å². The number of carbonyl (C=O) groups excluding carboxylic acids is 2. The number of hydrogen-bond acceptors (Lipinski definition) is 6. The highest BCUT2D eigenvalue weighted by atomic mass is 16.5. The van der Waals surface area contributed by atoms with Crippen LogP contribution in [0.15, 0.2) is 24.5 Å². The molecule has 6 atom stereocenters. The maximum Gasteiger partial charge on any atom is 0.246 e. The van der Waals surface area contributed by atoms with E-state index >= 15 is 0 Å². The molecule has 8 rings (SSSR count). The van der Waals surface area contributed by atoms with E-state index in [1.165, 1.54) is 0 Å². The lowest BCUT2D eigenvalue weighted by Gasteiger charge is -2.68. The molecule has 37 heavy (non-hydrogen) atoms. The van der Waals surface area contributed by atoms with E-state index < -0.39 is 33.6 Å². The van der Waals surface area contributed by atoms with Crippen molar-refractivity contribution in [1.82, 2.24) is 9.80 Å². The molecule has 8 nitrogen and oxygen atoms in total. The molecule has 8 heteroatoms. The average Bonchev–Trinajstić information content (AvgIpc) is 3.15. The van der Waals surface area contributed by atoms with Crippen LogP contribution in [0.1, 0.15) is 59.4 Å². The number of nitrogens with one attached hydrogen (secondary N) is 1. The minimum Gasteiger partial charge on any atom is -0.480 e. The number of fused-ring (bicyclic) bond motifs is 5. The second-order valence-corrected chi connectivity index (χ2v) is 13.5. The van der Waals surface area contributed by atoms with Gasteiger partial charge in [0.2, 0.25) is 11.8 Å². The van der Waals surface area contributed by atoms with E-state index in [9.17, 15) is 14.7 Å². The molecule has 3 spiro atoms. The molecule has 1 saturated carbocycles. The molecule has 198 valence electrons. The molecule has 0 unspecified atom stereocenters. The Labute approximate surface area is 218 Å². The molecular weight excluding hydrogens is 470 g/mol. The molecule has 2 N–H and O–H groups in total. The van der Waals surface area contributed by atoms with Gasteiger partial charge in [-0.25, -0.2) is 0 Å². The zero-order chi connectivity index (χ0) is 26.3. The Bertz CT molecular complexity index is 1290. The van der Waals surface area contributed by atoms with Crippen LogP contribution in [-0.4, -0.2) is 69.6 Å². The smallest absolute Gasteiger partial charge is 0.246 e. The molecule has 2 amide bonds. The summed E-state index contributed by atoms with van der Waals surface area (Å²) in [5, 5.41) is 14.7. The van der Waals surface area contributed by atoms with Gasteiger partial charge in [-0.05, 0) is 74.6 Å². The van der Waals surface area contributed by atoms with Gasteiger partial charge >= 0.3 is 0 Å². The van der Waals surface area contributed by atoms with Crippen molar-refractivity contribution in [3.05, 3.63) is 30.0 Å². The van der Waals surface area contributed by atoms with Crippen molar-refractivity contribution in [2.24, 2.45) is 17.3 Å². The van der Waals surface area contributed by atoms with Gasteiger partial charge in [0.25, 0.3) is 0 Å². The van der Waals surface area contributed by atoms with Gasteiger partial charge in [-0.2, -0.15) is 0 Å². The fourth-order valence-electron chi connectivity index (χ4n) is 9.16. The lowest BCUT2D eigenvalue weighted by molar-refractivity contribution is -0.222. The highest BCUT2D eigenvalue weighted by molar-refractivity contribution is 6.09. The summed E-state index contributed by atoms with van der Waals surface area (Å²) in [4.78, 5) is 32.4. The largest absolute Gasteiger partial charge is 0.480 e. The number of aliphatic hydroxyl groups excluding tert-OH is 1. The summed E-state index contributed by atoms with van der Waals surface area (Å²) in [6, 6.07) is 3.93. The number of carbonyl (C=O) groups is 2. The van der Waals surface area contributed by atoms with Gasteiger partial charge in [-0.15, -0.1) is 0 Å². The van der Waals surface area contributed by atoms with Crippen LogP contribution in [0.2, 0.25) is 0 Å². The summed E-state index contributed by atoms with van der Waals surface area (Å²) >= 11 is 0. The molecule has 4 saturated heterocycles. The number of piperazine rings is 1. The summed E-state index contributed by atoms with van der Waals surface area (Å²) in [5.74, 6) is 1.19. The molecule has 0 radical (unpaired) electrons. The van der Waals surface area contributed by atoms with E-state index in [2.05, 4.69) is 24.1 Å². The van der Waals surface area contributed by atoms with Crippen LogP contribution >= 0.6 is 0 Å². The molecule has 6 heterocycles. The second kappa shape index (κ2) is 6.70. The van der Waals surface area contributed by atoms with Crippen LogP contribution in [0.25, 0.3) is 0 Å². The number of piperidine rings is 3. The van der Waals surface area contributed by atoms with Gasteiger partial charge in [0.1, 0.15) is 11.1 Å². The summed E-state index contributed by atoms with van der Waals surface area (Å²) < 4.78 is 12.3. The van der Waals surface area contributed by atoms with Crippen molar-refractivity contribution in [2.45, 2.75) is 82.1 Å². The van der Waals surface area contributed by atoms with Gasteiger partial charge in [0.05, 0.1) is 29.0 Å². The van der Waals surface area contributed by atoms with Gasteiger partial charge in [-0.3, -0.25) is 14.5 Å². The lowest BCUT2D eigenvalue weighted by Crippen LogP contribution is -2.84. The van der Waals surface area contributed by atoms with E-state index in [4.69, 9.17) is 9.47 Å². The van der Waals surface area contributed by atoms with Crippen molar-refractivity contribution in [3.8, 4) is 11.5 Å². The van der Waals surface area contributed by atoms with E-state index in [1.807, 2.05) is 50.9 Å². The number of hydrogen-bond donors (Lipinski definition) is 2. The van der Waals surface area contributed by atoms with E-state index in [0.717, 1.165) is 18.5 Å². The van der Waals surface area contributed by atoms with Crippen LogP contribution in [-0.2, 0) is 15.0 Å². The summed E-state index contributed by atoms with van der Waals surface area (Å²) in [7, 11) is 1.89. The van der Waals surface area contributed by atoms with Gasteiger partial charge in [0, 0.05) is 13.6 Å². The number of benzene rings is 1. The topological polar surface area (TPSA) is 91.3 Å². The first-order valence-corrected chi connectivity index (χ1v) is 13.6. The lowest BCUT2D eigenvalue weighted by atomic mass is 9.55. The Morgan fingerprint density at radius 2 is 1.92 bits per heavy atom. The molecule has 2 bridgehead atoms. The quantitative estimate of drug-likeness (QED) is 0.561. The zero-order valence-corrected chi connectivity index (χ0v) is 22.6. The number of amides is 2. The number of ether oxygens (including phenoxy) is 2. The maximum atomic E-state index is 14.2. The van der Waals surface area contributed by atoms with E-state index in [-0.39, 0.29) is 23.7 Å². The maximum absolute atomic E-state index is 14.2. The van der Waals surface area contributed by atoms with Crippen LogP contribution in [0, 0.1) is 17.3 Å². The minimum absolute atomic E-state index is 0.00607. The third-order valence-electron chi connectivity index (χ3n) is 11.2. The monoisotopic (exact) mass is 507 g/mol. The predicted octanol–water partition coefficient (Wildman–Crippen LogP) is 3.04. The second-order valence-electron chi connectivity index (χ2n) is 13.5. The summed E-state index contributed by atoms with van der Waals surface area (Å²) in [6.07, 6.45) is 4.75. The summed E-state index contributed by atoms with van der Waals surface area (Å²) in [6.45, 7) is 11.8. The van der Waals surface area contributed by atoms with Gasteiger partial charge < -0.3 is 24.8 Å². The third kappa shape index (κ3) is 2.43. The van der Waals surface area contributed by atoms with Crippen molar-refractivity contribution in [2.75, 3.05) is 25.5 Å². The van der Waals surface area contributed by atoms with Crippen LogP contribution in [0.3, 0.4) is 0 Å². The summed E-state index contributed by atoms with van der Waals surface area (Å²) in [5.41, 5.74) is -1.69. The first-order valence-electron chi connectivity index (χ1n) is 13.6. The molecule has 5 fully saturated rings. The first kappa shape index (κ1) is 23.5. The predicted molar refractivity (Wildman–Crippen MR) is 137 cm³/mol. The highest BCUT2D eigenvalue weighted by Gasteiger charge is 2.80. The van der Waals surface area contributed by atoms with E-state index in [1.54, 1.807) is 6.26 Å². The Balaban J connectivity index is 1.41. The molecule has 7 aliphatic rings. The molecule has 1 aromatic carbocycles. The van der Waals surface area contributed by atoms with Gasteiger partial charge in [-0.1, -0.05) is 26.8 Å². The van der Waals surface area contributed by atoms with Gasteiger partial charge in [0.15, 0.2) is 11.5 Å². The van der Waals surface area contributed by atoms with Crippen molar-refractivity contribution in [1.29, 1.82) is 0 Å². The molecule has 1 aliphatic carbocycles. The number of nitrogens with zero attached hydrogens (tertiary/aromatic N) is 2. The zero-order valence-electron chi connectivity index (χ0n) is 22.6. The van der Waals surface area contributed by atoms with Crippen LogP contribution < -0.4 is 14.8 Å². The number of anilines is 1. The average molecular weight is 508 g/mol. The minimum atomic E-state index is -0.916. The fraction of sp³-hybridized carbons (Fsp3) is 0.655. The fourth-order valence-corrected chi connectivity index (χ4v) is 9.16. The standard InChI is InChI=1S/C29H37N3O5/c1-16-9-11-32-15-27-14-28(26(4,5)19(27)13-29(32,22(16)33)24(35)31(27)6)17-7-8-18-21(20(17)30-23(28)34)36-12-10-25(2,3)37-18/h7-8,10,12,16,19,22,33H,9,11,13-15H2,1-6H3,(H,30,34)/t16-,19+,22-,27-,28-,29-/m1/s1. The molecule has 0 aromatic heterocycles. The normalized spacial score (nSPS) is 42.4. The Morgan fingerprint density at radius 3 is 2.68 bits per heavy atom. The Morgan fingerprint density at radius 1 is 1.16 bits per heavy atom. The third-order valence-corrected chi connectivity index (χ3v) is 11.2. The Hall–Kier alpha value is -2.58. The number of rotatable bonds is 0. The van der Waals surface area contributed by atoms with E-state index in [0.29, 0.717) is 36.6 Å². The van der Waals surface area contributed by atoms with Crippen molar-refractivity contribution in [3.63, 3.8) is 0 Å². The molecular formula is C29H37N3O5. The SMILES string of the molecule is C[C@@H]1CCN2C[C@]34C[C@@]5(C(=O)Nc6c5ccc5c6OC=CC(C)(C)O5)C(C)(C)[C@@H]3C[C@]2(C(=O)N4C)[C@@H]1O. The number of likely N-dealkylation sites (N-methyl/N-ethyl adjacent to an activating group) is 1. The highest BCUT2D eigenvalue weighted by Crippen LogP contribution is 2.72. The Kier molecular flexibility index (Phi) is 4.26. The van der Waals surface area contributed by atoms with Crippen molar-refractivity contribution >= 4 is 17.5 Å². The molecule has 6 aliphatic heterocycles. The molecule has 1 aromatic rings.